The largest absolute Gasteiger partial charge is 0.316 e. The molecule has 0 saturated carbocycles. The van der Waals surface area contributed by atoms with Gasteiger partial charge < -0.3 is 5.32 Å². The lowest BCUT2D eigenvalue weighted by atomic mass is 9.90. The van der Waals surface area contributed by atoms with Gasteiger partial charge in [0.2, 0.25) is 0 Å². The molecule has 1 aliphatic rings. The molecule has 0 bridgehead atoms. The molecule has 2 unspecified atom stereocenters. The first-order valence-corrected chi connectivity index (χ1v) is 7.14. The van der Waals surface area contributed by atoms with Crippen molar-refractivity contribution >= 4 is 11.8 Å². The Balaban J connectivity index is 2.08. The summed E-state index contributed by atoms with van der Waals surface area (Å²) in [5.41, 5.74) is 1.52. The van der Waals surface area contributed by atoms with Gasteiger partial charge in [-0.15, -0.1) is 23.6 Å². The van der Waals surface area contributed by atoms with Crippen molar-refractivity contribution in [3.8, 4) is 11.8 Å². The Morgan fingerprint density at radius 1 is 1.47 bits per heavy atom. The summed E-state index contributed by atoms with van der Waals surface area (Å²) in [6.07, 6.45) is 2.13. The molecule has 2 atom stereocenters. The molecular weight excluding hydrogens is 226 g/mol. The highest BCUT2D eigenvalue weighted by Gasteiger charge is 2.28. The molecule has 0 aliphatic carbocycles. The number of thioether (sulfide) groups is 1. The highest BCUT2D eigenvalue weighted by molar-refractivity contribution is 7.99. The van der Waals surface area contributed by atoms with Crippen molar-refractivity contribution in [3.05, 3.63) is 29.8 Å². The second kappa shape index (κ2) is 6.14. The van der Waals surface area contributed by atoms with Crippen LogP contribution in [0.15, 0.2) is 29.2 Å². The molecule has 90 valence electrons. The summed E-state index contributed by atoms with van der Waals surface area (Å²) in [6.45, 7) is 1.91. The van der Waals surface area contributed by atoms with Gasteiger partial charge in [0.25, 0.3) is 0 Å². The van der Waals surface area contributed by atoms with E-state index >= 15 is 0 Å². The Morgan fingerprint density at radius 3 is 3.06 bits per heavy atom. The van der Waals surface area contributed by atoms with E-state index in [9.17, 15) is 0 Å². The average molecular weight is 245 g/mol. The lowest BCUT2D eigenvalue weighted by Gasteiger charge is -2.22. The maximum Gasteiger partial charge on any atom is 0.0150 e. The van der Waals surface area contributed by atoms with Gasteiger partial charge in [-0.1, -0.05) is 18.2 Å². The van der Waals surface area contributed by atoms with E-state index in [1.54, 1.807) is 0 Å². The predicted octanol–water partition coefficient (Wildman–Crippen LogP) is 3.27. The molecule has 1 aromatic carbocycles. The van der Waals surface area contributed by atoms with Gasteiger partial charge in [-0.05, 0) is 32.0 Å². The van der Waals surface area contributed by atoms with Crippen LogP contribution in [-0.4, -0.2) is 18.8 Å². The Labute approximate surface area is 108 Å². The Hall–Kier alpha value is -0.910. The van der Waals surface area contributed by atoms with Crippen molar-refractivity contribution in [3.63, 3.8) is 0 Å². The SMILES string of the molecule is CC#CCCC(NC)C1CSc2ccccc21. The molecule has 17 heavy (non-hydrogen) atoms. The molecule has 0 spiro atoms. The zero-order valence-corrected chi connectivity index (χ0v) is 11.3. The lowest BCUT2D eigenvalue weighted by molar-refractivity contribution is 0.466. The number of likely N-dealkylation sites (N-methyl/N-ethyl adjacent to an activating group) is 1. The van der Waals surface area contributed by atoms with Crippen molar-refractivity contribution in [1.29, 1.82) is 0 Å². The fraction of sp³-hybridized carbons (Fsp3) is 0.467. The molecular formula is C15H19NS. The normalized spacial score (nSPS) is 19.3. The van der Waals surface area contributed by atoms with Crippen molar-refractivity contribution in [2.75, 3.05) is 12.8 Å². The predicted molar refractivity (Wildman–Crippen MR) is 75.4 cm³/mol. The van der Waals surface area contributed by atoms with Crippen LogP contribution in [0.25, 0.3) is 0 Å². The van der Waals surface area contributed by atoms with Crippen LogP contribution >= 0.6 is 11.8 Å². The summed E-state index contributed by atoms with van der Waals surface area (Å²) in [6, 6.07) is 9.34. The maximum atomic E-state index is 3.46. The third-order valence-corrected chi connectivity index (χ3v) is 4.56. The first kappa shape index (κ1) is 12.5. The third-order valence-electron chi connectivity index (χ3n) is 3.35. The molecule has 0 amide bonds. The quantitative estimate of drug-likeness (QED) is 0.817. The van der Waals surface area contributed by atoms with E-state index in [-0.39, 0.29) is 0 Å². The summed E-state index contributed by atoms with van der Waals surface area (Å²) >= 11 is 1.98. The van der Waals surface area contributed by atoms with Crippen LogP contribution in [-0.2, 0) is 0 Å². The van der Waals surface area contributed by atoms with Crippen LogP contribution < -0.4 is 5.32 Å². The standard InChI is InChI=1S/C15H19NS/c1-3-4-5-9-14(16-2)13-11-17-15-10-7-6-8-12(13)15/h6-8,10,13-14,16H,5,9,11H2,1-2H3. The monoisotopic (exact) mass is 245 g/mol. The van der Waals surface area contributed by atoms with Crippen LogP contribution in [0, 0.1) is 11.8 Å². The van der Waals surface area contributed by atoms with Crippen molar-refractivity contribution < 1.29 is 0 Å². The molecule has 2 rings (SSSR count). The number of fused-ring (bicyclic) bond motifs is 1. The Bertz CT molecular complexity index is 430. The van der Waals surface area contributed by atoms with Crippen LogP contribution in [0.4, 0.5) is 0 Å². The van der Waals surface area contributed by atoms with E-state index in [0.29, 0.717) is 12.0 Å². The topological polar surface area (TPSA) is 12.0 Å². The van der Waals surface area contributed by atoms with E-state index in [1.165, 1.54) is 16.2 Å². The van der Waals surface area contributed by atoms with Gasteiger partial charge in [-0.2, -0.15) is 0 Å². The molecule has 1 N–H and O–H groups in total. The highest BCUT2D eigenvalue weighted by Crippen LogP contribution is 2.41. The van der Waals surface area contributed by atoms with Gasteiger partial charge in [0, 0.05) is 29.0 Å². The molecule has 0 aromatic heterocycles. The minimum atomic E-state index is 0.548. The van der Waals surface area contributed by atoms with Gasteiger partial charge in [-0.25, -0.2) is 0 Å². The smallest absolute Gasteiger partial charge is 0.0150 e. The van der Waals surface area contributed by atoms with Crippen LogP contribution in [0.3, 0.4) is 0 Å². The first-order chi connectivity index (χ1) is 8.36. The summed E-state index contributed by atoms with van der Waals surface area (Å²) in [5, 5.41) is 3.46. The van der Waals surface area contributed by atoms with E-state index in [1.807, 2.05) is 18.7 Å². The fourth-order valence-electron chi connectivity index (χ4n) is 2.42. The van der Waals surface area contributed by atoms with E-state index in [2.05, 4.69) is 48.5 Å². The third kappa shape index (κ3) is 2.86. The van der Waals surface area contributed by atoms with Gasteiger partial charge in [-0.3, -0.25) is 0 Å². The lowest BCUT2D eigenvalue weighted by Crippen LogP contribution is -2.32. The number of nitrogens with one attached hydrogen (secondary N) is 1. The fourth-order valence-corrected chi connectivity index (χ4v) is 3.75. The van der Waals surface area contributed by atoms with Gasteiger partial charge in [0.1, 0.15) is 0 Å². The summed E-state index contributed by atoms with van der Waals surface area (Å²) < 4.78 is 0. The average Bonchev–Trinajstić information content (AvgIpc) is 2.79. The number of rotatable bonds is 4. The van der Waals surface area contributed by atoms with Crippen molar-refractivity contribution in [2.24, 2.45) is 0 Å². The number of benzene rings is 1. The van der Waals surface area contributed by atoms with Gasteiger partial charge in [0.15, 0.2) is 0 Å². The van der Waals surface area contributed by atoms with Gasteiger partial charge in [0.05, 0.1) is 0 Å². The highest BCUT2D eigenvalue weighted by atomic mass is 32.2. The molecule has 0 radical (unpaired) electrons. The second-order valence-corrected chi connectivity index (χ2v) is 5.38. The summed E-state index contributed by atoms with van der Waals surface area (Å²) in [7, 11) is 2.07. The van der Waals surface area contributed by atoms with Crippen molar-refractivity contribution in [1.82, 2.24) is 5.32 Å². The maximum absolute atomic E-state index is 3.46. The Morgan fingerprint density at radius 2 is 2.29 bits per heavy atom. The zero-order chi connectivity index (χ0) is 12.1. The van der Waals surface area contributed by atoms with Crippen molar-refractivity contribution in [2.45, 2.75) is 36.6 Å². The minimum absolute atomic E-state index is 0.548. The molecule has 0 saturated heterocycles. The van der Waals surface area contributed by atoms with Crippen LogP contribution in [0.5, 0.6) is 0 Å². The van der Waals surface area contributed by atoms with Crippen LogP contribution in [0.1, 0.15) is 31.2 Å². The molecule has 1 heterocycles. The van der Waals surface area contributed by atoms with E-state index in [0.717, 1.165) is 12.8 Å². The minimum Gasteiger partial charge on any atom is -0.316 e. The second-order valence-electron chi connectivity index (χ2n) is 4.32. The molecule has 1 aliphatic heterocycles. The zero-order valence-electron chi connectivity index (χ0n) is 10.5. The van der Waals surface area contributed by atoms with Crippen LogP contribution in [0.2, 0.25) is 0 Å². The van der Waals surface area contributed by atoms with E-state index < -0.39 is 0 Å². The molecule has 1 nitrogen and oxygen atoms in total. The summed E-state index contributed by atoms with van der Waals surface area (Å²) in [5.74, 6) is 7.98. The first-order valence-electron chi connectivity index (χ1n) is 6.15. The number of hydrogen-bond donors (Lipinski definition) is 1. The van der Waals surface area contributed by atoms with Gasteiger partial charge >= 0.3 is 0 Å². The molecule has 1 aromatic rings. The number of hydrogen-bond acceptors (Lipinski definition) is 2. The molecule has 0 fully saturated rings. The van der Waals surface area contributed by atoms with E-state index in [4.69, 9.17) is 0 Å². The summed E-state index contributed by atoms with van der Waals surface area (Å²) in [4.78, 5) is 1.46. The Kier molecular flexibility index (Phi) is 4.53. The molecule has 2 heteroatoms.